The van der Waals surface area contributed by atoms with Crippen molar-refractivity contribution in [3.05, 3.63) is 0 Å². The third-order valence-corrected chi connectivity index (χ3v) is 0. The first-order valence-corrected chi connectivity index (χ1v) is 2.10. The quantitative estimate of drug-likeness (QED) is 0.409. The second kappa shape index (κ2) is 11.0. The van der Waals surface area contributed by atoms with Crippen molar-refractivity contribution in [3.8, 4) is 0 Å². The summed E-state index contributed by atoms with van der Waals surface area (Å²) in [6, 6.07) is 0. The highest BCUT2D eigenvalue weighted by Crippen LogP contribution is 1.59. The predicted octanol–water partition coefficient (Wildman–Crippen LogP) is 0.729. The van der Waals surface area contributed by atoms with E-state index in [1.807, 2.05) is 0 Å². The van der Waals surface area contributed by atoms with Crippen molar-refractivity contribution in [2.45, 2.75) is 7.43 Å². The lowest BCUT2D eigenvalue weighted by atomic mass is 12.0. The highest BCUT2D eigenvalue weighted by Gasteiger charge is 1.84. The predicted molar refractivity (Wildman–Crippen MR) is 38.2 cm³/mol. The zero-order chi connectivity index (χ0) is 4.50. The molecule has 0 fully saturated rings. The van der Waals surface area contributed by atoms with Crippen LogP contribution in [0.4, 0.5) is 0 Å². The maximum absolute atomic E-state index is 8.74. The fourth-order valence-corrected chi connectivity index (χ4v) is 0. The molecule has 0 aromatic carbocycles. The van der Waals surface area contributed by atoms with Gasteiger partial charge >= 0.3 is 10.4 Å². The number of hydrogen-bond acceptors (Lipinski definition) is 4. The molecule has 0 unspecified atom stereocenters. The highest BCUT2D eigenvalue weighted by molar-refractivity contribution is 7.79. The molecule has 64 valence electrons. The van der Waals surface area contributed by atoms with Crippen LogP contribution in [-0.2, 0) is 10.4 Å². The number of halogens is 1. The minimum atomic E-state index is -4.67. The average Bonchev–Trinajstić information content (AvgIpc) is 0.722. The van der Waals surface area contributed by atoms with Gasteiger partial charge in [-0.15, -0.1) is 12.4 Å². The van der Waals surface area contributed by atoms with Gasteiger partial charge in [-0.2, -0.15) is 8.42 Å². The van der Waals surface area contributed by atoms with E-state index in [0.29, 0.717) is 0 Å². The van der Waals surface area contributed by atoms with Crippen molar-refractivity contribution in [1.29, 1.82) is 0 Å². The van der Waals surface area contributed by atoms with Crippen LogP contribution < -0.4 is 12.3 Å². The first-order valence-electron chi connectivity index (χ1n) is 0.698. The van der Waals surface area contributed by atoms with E-state index in [1.54, 1.807) is 0 Å². The molecule has 0 aliphatic rings. The van der Waals surface area contributed by atoms with Crippen LogP contribution in [0.1, 0.15) is 7.43 Å². The van der Waals surface area contributed by atoms with Crippen molar-refractivity contribution in [2.24, 2.45) is 0 Å². The Bertz CT molecular complexity index is 102. The SMILES string of the molecule is C.Cl.N.N.O=S(=O)(O)O. The maximum atomic E-state index is 8.74. The molecular weight excluding hydrogens is 172 g/mol. The molecule has 6 nitrogen and oxygen atoms in total. The van der Waals surface area contributed by atoms with E-state index in [0.717, 1.165) is 0 Å². The van der Waals surface area contributed by atoms with Crippen LogP contribution in [0, 0.1) is 0 Å². The minimum absolute atomic E-state index is 0. The van der Waals surface area contributed by atoms with Crippen molar-refractivity contribution in [2.75, 3.05) is 0 Å². The molecule has 0 rings (SSSR count). The molecule has 0 radical (unpaired) electrons. The lowest BCUT2D eigenvalue weighted by Crippen LogP contribution is -1.89. The van der Waals surface area contributed by atoms with Crippen LogP contribution >= 0.6 is 12.4 Å². The first-order chi connectivity index (χ1) is 2.00. The van der Waals surface area contributed by atoms with Gasteiger partial charge in [-0.25, -0.2) is 0 Å². The molecular formula is CH13ClN2O4S. The van der Waals surface area contributed by atoms with Gasteiger partial charge in [-0.3, -0.25) is 9.11 Å². The fourth-order valence-electron chi connectivity index (χ4n) is 0. The topological polar surface area (TPSA) is 145 Å². The second-order valence-electron chi connectivity index (χ2n) is 0.448. The third kappa shape index (κ3) is 46700. The van der Waals surface area contributed by atoms with Gasteiger partial charge in [0.2, 0.25) is 0 Å². The van der Waals surface area contributed by atoms with Crippen LogP contribution in [0.3, 0.4) is 0 Å². The molecule has 0 aliphatic carbocycles. The molecule has 0 saturated heterocycles. The van der Waals surface area contributed by atoms with Crippen LogP contribution in [0.25, 0.3) is 0 Å². The molecule has 0 aromatic heterocycles. The van der Waals surface area contributed by atoms with E-state index >= 15 is 0 Å². The largest absolute Gasteiger partial charge is 0.394 e. The maximum Gasteiger partial charge on any atom is 0.394 e. The first kappa shape index (κ1) is 35.6. The summed E-state index contributed by atoms with van der Waals surface area (Å²) in [5.74, 6) is 0. The van der Waals surface area contributed by atoms with Gasteiger partial charge in [0.25, 0.3) is 0 Å². The summed E-state index contributed by atoms with van der Waals surface area (Å²) in [5, 5.41) is 0. The molecule has 0 aliphatic heterocycles. The van der Waals surface area contributed by atoms with Crippen molar-refractivity contribution >= 4 is 22.8 Å². The van der Waals surface area contributed by atoms with E-state index in [9.17, 15) is 0 Å². The van der Waals surface area contributed by atoms with Crippen LogP contribution in [0.2, 0.25) is 0 Å². The molecule has 0 heterocycles. The van der Waals surface area contributed by atoms with Crippen molar-refractivity contribution in [1.82, 2.24) is 12.3 Å². The van der Waals surface area contributed by atoms with E-state index < -0.39 is 10.4 Å². The Balaban J connectivity index is -0.0000000133. The number of rotatable bonds is 0. The van der Waals surface area contributed by atoms with Gasteiger partial charge in [0.1, 0.15) is 0 Å². The van der Waals surface area contributed by atoms with Crippen LogP contribution in [0.5, 0.6) is 0 Å². The lowest BCUT2D eigenvalue weighted by molar-refractivity contribution is 0.381. The summed E-state index contributed by atoms with van der Waals surface area (Å²) >= 11 is 0. The molecule has 0 aromatic rings. The summed E-state index contributed by atoms with van der Waals surface area (Å²) < 4.78 is 31.6. The summed E-state index contributed by atoms with van der Waals surface area (Å²) in [4.78, 5) is 0. The van der Waals surface area contributed by atoms with Crippen LogP contribution in [0.15, 0.2) is 0 Å². The molecule has 0 spiro atoms. The molecule has 0 atom stereocenters. The van der Waals surface area contributed by atoms with Crippen molar-refractivity contribution in [3.63, 3.8) is 0 Å². The Hall–Kier alpha value is 0.0800. The van der Waals surface area contributed by atoms with Gasteiger partial charge < -0.3 is 12.3 Å². The van der Waals surface area contributed by atoms with Gasteiger partial charge in [-0.05, 0) is 0 Å². The highest BCUT2D eigenvalue weighted by atomic mass is 35.5. The Morgan fingerprint density at radius 3 is 1.00 bits per heavy atom. The summed E-state index contributed by atoms with van der Waals surface area (Å²) in [6.07, 6.45) is 0. The van der Waals surface area contributed by atoms with Gasteiger partial charge in [0, 0.05) is 0 Å². The van der Waals surface area contributed by atoms with Gasteiger partial charge in [-0.1, -0.05) is 7.43 Å². The van der Waals surface area contributed by atoms with Gasteiger partial charge in [0.05, 0.1) is 0 Å². The Morgan fingerprint density at radius 1 is 1.00 bits per heavy atom. The Morgan fingerprint density at radius 2 is 1.00 bits per heavy atom. The zero-order valence-corrected chi connectivity index (χ0v) is 5.57. The molecule has 0 amide bonds. The lowest BCUT2D eigenvalue weighted by Gasteiger charge is -1.68. The molecule has 8 heteroatoms. The standard InChI is InChI=1S/CH4.ClH.2H3N.H2O4S/c;;;;1-5(2,3)4/h1H4;1H;2*1H3;(H2,1,2,3,4). The van der Waals surface area contributed by atoms with E-state index in [1.165, 1.54) is 0 Å². The van der Waals surface area contributed by atoms with Crippen LogP contribution in [-0.4, -0.2) is 17.5 Å². The fraction of sp³-hybridized carbons (Fsp3) is 1.00. The second-order valence-corrected chi connectivity index (χ2v) is 1.34. The molecule has 8 N–H and O–H groups in total. The normalized spacial score (nSPS) is 6.44. The smallest absolute Gasteiger partial charge is 0.344 e. The number of hydrogen-bond donors (Lipinski definition) is 4. The summed E-state index contributed by atoms with van der Waals surface area (Å²) in [6.45, 7) is 0. The van der Waals surface area contributed by atoms with E-state index in [-0.39, 0.29) is 32.1 Å². The monoisotopic (exact) mass is 184 g/mol. The zero-order valence-electron chi connectivity index (χ0n) is 3.94. The Kier molecular flexibility index (Phi) is 43.4. The van der Waals surface area contributed by atoms with E-state index in [2.05, 4.69) is 0 Å². The van der Waals surface area contributed by atoms with Crippen molar-refractivity contribution < 1.29 is 17.5 Å². The Labute approximate surface area is 60.8 Å². The van der Waals surface area contributed by atoms with Gasteiger partial charge in [0.15, 0.2) is 0 Å². The molecule has 9 heavy (non-hydrogen) atoms. The average molecular weight is 185 g/mol. The summed E-state index contributed by atoms with van der Waals surface area (Å²) in [5.41, 5.74) is 0. The van der Waals surface area contributed by atoms with E-state index in [4.69, 9.17) is 17.5 Å². The molecule has 0 saturated carbocycles. The molecule has 0 bridgehead atoms. The minimum Gasteiger partial charge on any atom is -0.344 e. The summed E-state index contributed by atoms with van der Waals surface area (Å²) in [7, 11) is -4.67. The third-order valence-electron chi connectivity index (χ3n) is 0.